The minimum atomic E-state index is -6.40. The van der Waals surface area contributed by atoms with Gasteiger partial charge in [0, 0.05) is 7.11 Å². The van der Waals surface area contributed by atoms with Crippen molar-refractivity contribution < 1.29 is 49.1 Å². The standard InChI is InChI=1S/C24H21F5O6S2/c1-33-15-16-34-17-7-11-20(12-8-17)36(19-5-3-2-4-6-19)21-13-9-18(10-14-21)35-22(23(25,26)27)24(28,29)37(30,31)32/h2-14,22H,15-16H2,1H3/p+1. The topological polar surface area (TPSA) is 82.1 Å². The van der Waals surface area contributed by atoms with Crippen molar-refractivity contribution in [1.29, 1.82) is 0 Å². The van der Waals surface area contributed by atoms with E-state index in [4.69, 9.17) is 14.0 Å². The van der Waals surface area contributed by atoms with Crippen LogP contribution in [0.3, 0.4) is 0 Å². The van der Waals surface area contributed by atoms with Crippen LogP contribution in [-0.2, 0) is 25.7 Å². The van der Waals surface area contributed by atoms with E-state index in [1.54, 1.807) is 19.2 Å². The highest BCUT2D eigenvalue weighted by molar-refractivity contribution is 7.97. The van der Waals surface area contributed by atoms with Crippen LogP contribution in [0, 0.1) is 0 Å². The van der Waals surface area contributed by atoms with Gasteiger partial charge in [0.25, 0.3) is 6.10 Å². The monoisotopic (exact) mass is 565 g/mol. The number of benzene rings is 3. The van der Waals surface area contributed by atoms with Gasteiger partial charge in [-0.05, 0) is 60.7 Å². The van der Waals surface area contributed by atoms with Crippen LogP contribution in [0.1, 0.15) is 0 Å². The van der Waals surface area contributed by atoms with Crippen LogP contribution in [0.2, 0.25) is 0 Å². The quantitative estimate of drug-likeness (QED) is 0.141. The fourth-order valence-corrected chi connectivity index (χ4v) is 5.65. The van der Waals surface area contributed by atoms with Crippen molar-refractivity contribution >= 4 is 21.0 Å². The van der Waals surface area contributed by atoms with Gasteiger partial charge in [-0.15, -0.1) is 0 Å². The summed E-state index contributed by atoms with van der Waals surface area (Å²) in [7, 11) is -5.59. The molecule has 0 amide bonds. The molecule has 0 aliphatic carbocycles. The molecule has 2 unspecified atom stereocenters. The highest BCUT2D eigenvalue weighted by atomic mass is 32.2. The lowest BCUT2D eigenvalue weighted by molar-refractivity contribution is -0.239. The van der Waals surface area contributed by atoms with Crippen molar-refractivity contribution in [3.8, 4) is 11.5 Å². The number of rotatable bonds is 11. The Labute approximate surface area is 213 Å². The minimum absolute atomic E-state index is 0.358. The summed E-state index contributed by atoms with van der Waals surface area (Å²) >= 11 is 0. The third kappa shape index (κ3) is 7.12. The summed E-state index contributed by atoms with van der Waals surface area (Å²) in [4.78, 5) is 2.33. The Bertz CT molecular complexity index is 1250. The molecule has 0 bridgehead atoms. The third-order valence-electron chi connectivity index (χ3n) is 4.85. The van der Waals surface area contributed by atoms with Crippen molar-refractivity contribution in [3.63, 3.8) is 0 Å². The van der Waals surface area contributed by atoms with E-state index in [9.17, 15) is 30.4 Å². The predicted molar refractivity (Wildman–Crippen MR) is 126 cm³/mol. The van der Waals surface area contributed by atoms with Crippen LogP contribution >= 0.6 is 0 Å². The summed E-state index contributed by atoms with van der Waals surface area (Å²) in [5.41, 5.74) is 0. The van der Waals surface area contributed by atoms with Crippen LogP contribution in [0.15, 0.2) is 93.5 Å². The van der Waals surface area contributed by atoms with Gasteiger partial charge >= 0.3 is 21.5 Å². The molecule has 0 spiro atoms. The molecule has 37 heavy (non-hydrogen) atoms. The zero-order valence-electron chi connectivity index (χ0n) is 19.2. The Morgan fingerprint density at radius 2 is 1.27 bits per heavy atom. The molecule has 6 nitrogen and oxygen atoms in total. The van der Waals surface area contributed by atoms with Crippen LogP contribution in [-0.4, -0.2) is 50.8 Å². The van der Waals surface area contributed by atoms with Gasteiger partial charge in [0.2, 0.25) is 0 Å². The number of ether oxygens (including phenoxy) is 3. The fraction of sp³-hybridized carbons (Fsp3) is 0.250. The molecular formula is C24H22F5O6S2+. The maximum Gasteiger partial charge on any atom is 0.432 e. The van der Waals surface area contributed by atoms with E-state index >= 15 is 0 Å². The third-order valence-corrected chi connectivity index (χ3v) is 7.99. The zero-order chi connectivity index (χ0) is 27.3. The number of hydrogen-bond acceptors (Lipinski definition) is 5. The smallest absolute Gasteiger partial charge is 0.432 e. The van der Waals surface area contributed by atoms with E-state index in [1.165, 1.54) is 12.1 Å². The van der Waals surface area contributed by atoms with Crippen molar-refractivity contribution in [1.82, 2.24) is 0 Å². The maximum absolute atomic E-state index is 13.9. The molecule has 3 aromatic rings. The van der Waals surface area contributed by atoms with Gasteiger partial charge in [-0.2, -0.15) is 30.4 Å². The van der Waals surface area contributed by atoms with E-state index in [0.717, 1.165) is 21.9 Å². The molecular weight excluding hydrogens is 543 g/mol. The van der Waals surface area contributed by atoms with Gasteiger partial charge < -0.3 is 14.2 Å². The van der Waals surface area contributed by atoms with Crippen molar-refractivity contribution in [2.75, 3.05) is 20.3 Å². The Balaban J connectivity index is 1.92. The normalized spacial score (nSPS) is 14.1. The maximum atomic E-state index is 13.9. The van der Waals surface area contributed by atoms with Gasteiger partial charge in [-0.1, -0.05) is 18.2 Å². The van der Waals surface area contributed by atoms with E-state index in [-0.39, 0.29) is 0 Å². The Kier molecular flexibility index (Phi) is 9.05. The lowest BCUT2D eigenvalue weighted by Crippen LogP contribution is -2.53. The predicted octanol–water partition coefficient (Wildman–Crippen LogP) is 5.60. The van der Waals surface area contributed by atoms with Gasteiger partial charge in [0.1, 0.15) is 18.1 Å². The van der Waals surface area contributed by atoms with Gasteiger partial charge in [0.05, 0.1) is 17.5 Å². The lowest BCUT2D eigenvalue weighted by Gasteiger charge is -2.26. The molecule has 0 radical (unpaired) electrons. The van der Waals surface area contributed by atoms with E-state index in [2.05, 4.69) is 4.74 Å². The molecule has 0 aliphatic heterocycles. The van der Waals surface area contributed by atoms with Crippen LogP contribution < -0.4 is 9.47 Å². The molecule has 13 heteroatoms. The van der Waals surface area contributed by atoms with Gasteiger partial charge in [-0.3, -0.25) is 4.55 Å². The molecule has 0 heterocycles. The second-order valence-electron chi connectivity index (χ2n) is 7.48. The molecule has 200 valence electrons. The average molecular weight is 566 g/mol. The van der Waals surface area contributed by atoms with E-state index < -0.39 is 44.3 Å². The molecule has 3 aromatic carbocycles. The summed E-state index contributed by atoms with van der Waals surface area (Å²) in [5.74, 6) is -0.0491. The Morgan fingerprint density at radius 3 is 1.73 bits per heavy atom. The summed E-state index contributed by atoms with van der Waals surface area (Å²) in [6.07, 6.45) is -9.90. The molecule has 2 atom stereocenters. The summed E-state index contributed by atoms with van der Waals surface area (Å²) < 4.78 is 113. The first-order chi connectivity index (χ1) is 17.3. The molecule has 0 fully saturated rings. The largest absolute Gasteiger partial charge is 0.491 e. The first-order valence-electron chi connectivity index (χ1n) is 10.5. The lowest BCUT2D eigenvalue weighted by atomic mass is 10.3. The summed E-state index contributed by atoms with van der Waals surface area (Å²) in [6, 6.07) is 21.2. The number of halogens is 5. The van der Waals surface area contributed by atoms with E-state index in [0.29, 0.717) is 23.9 Å². The highest BCUT2D eigenvalue weighted by Gasteiger charge is 2.65. The highest BCUT2D eigenvalue weighted by Crippen LogP contribution is 2.39. The first-order valence-corrected chi connectivity index (χ1v) is 13.2. The van der Waals surface area contributed by atoms with Crippen molar-refractivity contribution in [2.24, 2.45) is 0 Å². The zero-order valence-corrected chi connectivity index (χ0v) is 20.8. The Morgan fingerprint density at radius 1 is 0.784 bits per heavy atom. The fourth-order valence-electron chi connectivity index (χ4n) is 3.13. The van der Waals surface area contributed by atoms with Crippen molar-refractivity contribution in [3.05, 3.63) is 78.9 Å². The van der Waals surface area contributed by atoms with Gasteiger partial charge in [-0.25, -0.2) is 0 Å². The van der Waals surface area contributed by atoms with Crippen LogP contribution in [0.5, 0.6) is 11.5 Å². The first kappa shape index (κ1) is 28.7. The van der Waals surface area contributed by atoms with E-state index in [1.807, 2.05) is 42.5 Å². The number of hydrogen-bond donors (Lipinski definition) is 1. The SMILES string of the molecule is COCCOc1ccc([S+](c2ccccc2)c2ccc(OC(C(F)(F)F)C(F)(F)S(=O)(=O)O)cc2)cc1. The molecule has 1 N–H and O–H groups in total. The summed E-state index contributed by atoms with van der Waals surface area (Å²) in [6.45, 7) is 0.771. The summed E-state index contributed by atoms with van der Waals surface area (Å²) in [5, 5.41) is -5.62. The van der Waals surface area contributed by atoms with Crippen LogP contribution in [0.4, 0.5) is 22.0 Å². The van der Waals surface area contributed by atoms with Crippen LogP contribution in [0.25, 0.3) is 0 Å². The average Bonchev–Trinajstić information content (AvgIpc) is 2.84. The minimum Gasteiger partial charge on any atom is -0.491 e. The number of alkyl halides is 5. The second kappa shape index (κ2) is 11.7. The molecule has 0 aliphatic rings. The molecule has 0 aromatic heterocycles. The molecule has 0 saturated carbocycles. The van der Waals surface area contributed by atoms with Gasteiger partial charge in [0.15, 0.2) is 14.7 Å². The molecule has 0 saturated heterocycles. The Hall–Kier alpha value is -2.87. The van der Waals surface area contributed by atoms with Crippen molar-refractivity contribution in [2.45, 2.75) is 32.2 Å². The molecule has 3 rings (SSSR count). The number of methoxy groups -OCH3 is 1. The second-order valence-corrected chi connectivity index (χ2v) is 11.0.